The Labute approximate surface area is 224 Å². The number of rotatable bonds is 12. The number of amides is 2. The highest BCUT2D eigenvalue weighted by molar-refractivity contribution is 6.35. The smallest absolute Gasteiger partial charge is 0.243 e. The van der Waals surface area contributed by atoms with Crippen molar-refractivity contribution in [3.8, 4) is 0 Å². The number of nitrogens with one attached hydrogen (secondary N) is 1. The van der Waals surface area contributed by atoms with E-state index in [0.717, 1.165) is 29.5 Å². The normalized spacial score (nSPS) is 11.7. The summed E-state index contributed by atoms with van der Waals surface area (Å²) < 4.78 is 0. The molecule has 4 nitrogen and oxygen atoms in total. The van der Waals surface area contributed by atoms with Crippen molar-refractivity contribution < 1.29 is 9.59 Å². The average Bonchev–Trinajstić information content (AvgIpc) is 2.87. The highest BCUT2D eigenvalue weighted by Gasteiger charge is 2.30. The van der Waals surface area contributed by atoms with Gasteiger partial charge in [0.2, 0.25) is 11.8 Å². The second-order valence-corrected chi connectivity index (χ2v) is 9.94. The molecule has 2 amide bonds. The average molecular weight is 526 g/mol. The van der Waals surface area contributed by atoms with E-state index >= 15 is 0 Å². The van der Waals surface area contributed by atoms with Gasteiger partial charge in [-0.1, -0.05) is 103 Å². The minimum Gasteiger partial charge on any atom is -0.354 e. The molecular weight excluding hydrogens is 491 g/mol. The fourth-order valence-corrected chi connectivity index (χ4v) is 4.51. The predicted molar refractivity (Wildman–Crippen MR) is 148 cm³/mol. The Balaban J connectivity index is 1.90. The summed E-state index contributed by atoms with van der Waals surface area (Å²) >= 11 is 12.6. The van der Waals surface area contributed by atoms with Gasteiger partial charge in [-0.05, 0) is 48.6 Å². The number of carbonyl (C=O) groups is 2. The predicted octanol–water partition coefficient (Wildman–Crippen LogP) is 6.79. The summed E-state index contributed by atoms with van der Waals surface area (Å²) in [6, 6.07) is 22.6. The molecule has 36 heavy (non-hydrogen) atoms. The second-order valence-electron chi connectivity index (χ2n) is 9.09. The van der Waals surface area contributed by atoms with Gasteiger partial charge in [-0.15, -0.1) is 0 Å². The van der Waals surface area contributed by atoms with Gasteiger partial charge in [-0.25, -0.2) is 0 Å². The van der Waals surface area contributed by atoms with Gasteiger partial charge in [0.05, 0.1) is 0 Å². The third-order valence-corrected chi connectivity index (χ3v) is 6.79. The van der Waals surface area contributed by atoms with Gasteiger partial charge < -0.3 is 10.2 Å². The monoisotopic (exact) mass is 524 g/mol. The Morgan fingerprint density at radius 2 is 1.67 bits per heavy atom. The molecule has 0 saturated carbocycles. The van der Waals surface area contributed by atoms with E-state index in [1.54, 1.807) is 17.0 Å². The molecule has 0 aromatic heterocycles. The van der Waals surface area contributed by atoms with E-state index in [-0.39, 0.29) is 18.4 Å². The Morgan fingerprint density at radius 3 is 2.33 bits per heavy atom. The molecule has 0 aliphatic heterocycles. The summed E-state index contributed by atoms with van der Waals surface area (Å²) in [5.41, 5.74) is 4.01. The minimum atomic E-state index is -0.665. The molecule has 0 heterocycles. The van der Waals surface area contributed by atoms with Crippen LogP contribution in [0.25, 0.3) is 0 Å². The molecule has 190 valence electrons. The van der Waals surface area contributed by atoms with E-state index < -0.39 is 6.04 Å². The molecular formula is C30H34Cl2N2O2. The Hall–Kier alpha value is -2.82. The van der Waals surface area contributed by atoms with Crippen LogP contribution in [0.3, 0.4) is 0 Å². The number of halogens is 2. The number of benzene rings is 3. The molecule has 0 spiro atoms. The first kappa shape index (κ1) is 27.8. The summed E-state index contributed by atoms with van der Waals surface area (Å²) in [6.07, 6.45) is 3.17. The molecule has 0 radical (unpaired) electrons. The van der Waals surface area contributed by atoms with Crippen LogP contribution in [0.15, 0.2) is 72.8 Å². The van der Waals surface area contributed by atoms with Crippen LogP contribution in [0.4, 0.5) is 0 Å². The number of hydrogen-bond acceptors (Lipinski definition) is 2. The highest BCUT2D eigenvalue weighted by Crippen LogP contribution is 2.24. The van der Waals surface area contributed by atoms with Crippen LogP contribution in [-0.2, 0) is 29.0 Å². The lowest BCUT2D eigenvalue weighted by Crippen LogP contribution is -2.50. The van der Waals surface area contributed by atoms with Gasteiger partial charge >= 0.3 is 0 Å². The topological polar surface area (TPSA) is 49.4 Å². The van der Waals surface area contributed by atoms with Gasteiger partial charge in [-0.2, -0.15) is 0 Å². The molecule has 6 heteroatoms. The van der Waals surface area contributed by atoms with Crippen molar-refractivity contribution in [2.75, 3.05) is 6.54 Å². The van der Waals surface area contributed by atoms with Crippen molar-refractivity contribution in [3.63, 3.8) is 0 Å². The summed E-state index contributed by atoms with van der Waals surface area (Å²) in [5, 5.41) is 4.04. The van der Waals surface area contributed by atoms with Crippen molar-refractivity contribution in [2.45, 2.75) is 58.5 Å². The van der Waals surface area contributed by atoms with Crippen LogP contribution in [0.5, 0.6) is 0 Å². The van der Waals surface area contributed by atoms with Crippen LogP contribution in [0, 0.1) is 6.92 Å². The minimum absolute atomic E-state index is 0.0897. The molecule has 1 N–H and O–H groups in total. The van der Waals surface area contributed by atoms with Crippen LogP contribution in [0.2, 0.25) is 10.0 Å². The van der Waals surface area contributed by atoms with Crippen molar-refractivity contribution in [2.24, 2.45) is 0 Å². The zero-order chi connectivity index (χ0) is 25.9. The maximum absolute atomic E-state index is 13.7. The van der Waals surface area contributed by atoms with E-state index in [1.165, 1.54) is 5.56 Å². The highest BCUT2D eigenvalue weighted by atomic mass is 35.5. The third-order valence-electron chi connectivity index (χ3n) is 6.20. The van der Waals surface area contributed by atoms with Crippen molar-refractivity contribution >= 4 is 35.0 Å². The maximum Gasteiger partial charge on any atom is 0.243 e. The van der Waals surface area contributed by atoms with Crippen LogP contribution in [0.1, 0.15) is 48.4 Å². The second kappa shape index (κ2) is 14.1. The Morgan fingerprint density at radius 1 is 0.944 bits per heavy atom. The quantitative estimate of drug-likeness (QED) is 0.265. The van der Waals surface area contributed by atoms with Crippen LogP contribution >= 0.6 is 23.2 Å². The van der Waals surface area contributed by atoms with Gasteiger partial charge in [0, 0.05) is 36.0 Å². The summed E-state index contributed by atoms with van der Waals surface area (Å²) in [5.74, 6) is -0.241. The number of unbranched alkanes of at least 4 members (excludes halogenated alkanes) is 1. The SMILES string of the molecule is CCCCNC(=O)[C@@H](Cc1ccccc1)N(Cc1ccc(Cl)cc1Cl)C(=O)CCc1ccc(C)cc1. The molecule has 0 saturated heterocycles. The fourth-order valence-electron chi connectivity index (χ4n) is 4.04. The molecule has 0 unspecified atom stereocenters. The van der Waals surface area contributed by atoms with Crippen molar-refractivity contribution in [3.05, 3.63) is 105 Å². The first-order chi connectivity index (χ1) is 17.4. The fraction of sp³-hybridized carbons (Fsp3) is 0.333. The first-order valence-corrected chi connectivity index (χ1v) is 13.2. The summed E-state index contributed by atoms with van der Waals surface area (Å²) in [7, 11) is 0. The van der Waals surface area contributed by atoms with E-state index in [2.05, 4.69) is 12.2 Å². The molecule has 0 fully saturated rings. The van der Waals surface area contributed by atoms with Crippen LogP contribution in [-0.4, -0.2) is 29.3 Å². The van der Waals surface area contributed by atoms with Gasteiger partial charge in [0.25, 0.3) is 0 Å². The van der Waals surface area contributed by atoms with E-state index in [1.807, 2.05) is 67.6 Å². The van der Waals surface area contributed by atoms with Crippen LogP contribution < -0.4 is 5.32 Å². The lowest BCUT2D eigenvalue weighted by atomic mass is 10.0. The maximum atomic E-state index is 13.7. The molecule has 1 atom stereocenters. The van der Waals surface area contributed by atoms with Crippen molar-refractivity contribution in [1.82, 2.24) is 10.2 Å². The first-order valence-electron chi connectivity index (χ1n) is 12.5. The van der Waals surface area contributed by atoms with Gasteiger partial charge in [0.1, 0.15) is 6.04 Å². The standard InChI is InChI=1S/C30H34Cl2N2O2/c1-3-4-18-33-30(36)28(19-24-8-6-5-7-9-24)34(21-25-15-16-26(31)20-27(25)32)29(35)17-14-23-12-10-22(2)11-13-23/h5-13,15-16,20,28H,3-4,14,17-19,21H2,1-2H3,(H,33,36)/t28-/m1/s1. The summed E-state index contributed by atoms with van der Waals surface area (Å²) in [4.78, 5) is 28.8. The molecule has 0 bridgehead atoms. The Kier molecular flexibility index (Phi) is 10.8. The molecule has 3 rings (SSSR count). The number of aryl methyl sites for hydroxylation is 2. The lowest BCUT2D eigenvalue weighted by Gasteiger charge is -2.32. The molecule has 0 aliphatic rings. The largest absolute Gasteiger partial charge is 0.354 e. The van der Waals surface area contributed by atoms with E-state index in [9.17, 15) is 9.59 Å². The van der Waals surface area contributed by atoms with E-state index in [4.69, 9.17) is 23.2 Å². The third kappa shape index (κ3) is 8.39. The van der Waals surface area contributed by atoms with E-state index in [0.29, 0.717) is 35.9 Å². The van der Waals surface area contributed by atoms with Crippen molar-refractivity contribution in [1.29, 1.82) is 0 Å². The zero-order valence-corrected chi connectivity index (χ0v) is 22.5. The molecule has 3 aromatic rings. The Bertz CT molecular complexity index is 1130. The van der Waals surface area contributed by atoms with Gasteiger partial charge in [0.15, 0.2) is 0 Å². The van der Waals surface area contributed by atoms with Gasteiger partial charge in [-0.3, -0.25) is 9.59 Å². The molecule has 3 aromatic carbocycles. The lowest BCUT2D eigenvalue weighted by molar-refractivity contribution is -0.141. The molecule has 0 aliphatic carbocycles. The zero-order valence-electron chi connectivity index (χ0n) is 21.0. The number of nitrogens with zero attached hydrogens (tertiary/aromatic N) is 1. The number of hydrogen-bond donors (Lipinski definition) is 1. The summed E-state index contributed by atoms with van der Waals surface area (Å²) in [6.45, 7) is 4.92. The number of carbonyl (C=O) groups excluding carboxylic acids is 2.